The molecule has 0 aromatic heterocycles. The number of hydrogen-bond donors (Lipinski definition) is 0. The fraction of sp³-hybridized carbons (Fsp3) is 0.304. The van der Waals surface area contributed by atoms with Gasteiger partial charge in [0.1, 0.15) is 6.54 Å². The number of fused-ring (bicyclic) bond motifs is 2. The summed E-state index contributed by atoms with van der Waals surface area (Å²) >= 11 is 0. The molecule has 0 saturated carbocycles. The van der Waals surface area contributed by atoms with Gasteiger partial charge in [0.2, 0.25) is 11.6 Å². The van der Waals surface area contributed by atoms with E-state index in [0.717, 1.165) is 59.6 Å². The Labute approximate surface area is 153 Å². The van der Waals surface area contributed by atoms with Gasteiger partial charge in [0.25, 0.3) is 0 Å². The maximum Gasteiger partial charge on any atom is 0.247 e. The van der Waals surface area contributed by atoms with Crippen molar-refractivity contribution in [2.75, 3.05) is 26.2 Å². The lowest BCUT2D eigenvalue weighted by atomic mass is 9.94. The van der Waals surface area contributed by atoms with Crippen molar-refractivity contribution in [2.45, 2.75) is 19.3 Å². The van der Waals surface area contributed by atoms with Crippen molar-refractivity contribution in [1.29, 1.82) is 0 Å². The summed E-state index contributed by atoms with van der Waals surface area (Å²) < 4.78 is 2.47. The van der Waals surface area contributed by atoms with E-state index in [1.807, 2.05) is 24.3 Å². The summed E-state index contributed by atoms with van der Waals surface area (Å²) in [4.78, 5) is 15.8. The average molecular weight is 343 g/mol. The molecule has 0 spiro atoms. The fourth-order valence-corrected chi connectivity index (χ4v) is 4.63. The molecule has 0 bridgehead atoms. The summed E-state index contributed by atoms with van der Waals surface area (Å²) in [7, 11) is 0. The van der Waals surface area contributed by atoms with Gasteiger partial charge in [-0.25, -0.2) is 0 Å². The SMILES string of the molecule is O=C(CN1CCC[N+]2=C1CCC2)c1c2ccccc2cc2ccccc12. The van der Waals surface area contributed by atoms with Crippen molar-refractivity contribution in [3.8, 4) is 0 Å². The average Bonchev–Trinajstić information content (AvgIpc) is 3.16. The summed E-state index contributed by atoms with van der Waals surface area (Å²) in [6.07, 6.45) is 3.48. The Morgan fingerprint density at radius 1 is 0.923 bits per heavy atom. The number of hydrogen-bond acceptors (Lipinski definition) is 2. The molecule has 0 unspecified atom stereocenters. The number of carbonyl (C=O) groups excluding carboxylic acids is 1. The zero-order valence-corrected chi connectivity index (χ0v) is 14.9. The van der Waals surface area contributed by atoms with E-state index in [4.69, 9.17) is 0 Å². The van der Waals surface area contributed by atoms with Gasteiger partial charge in [-0.2, -0.15) is 0 Å². The van der Waals surface area contributed by atoms with Crippen LogP contribution in [0.2, 0.25) is 0 Å². The predicted octanol–water partition coefficient (Wildman–Crippen LogP) is 4.09. The normalized spacial score (nSPS) is 17.2. The molecule has 130 valence electrons. The largest absolute Gasteiger partial charge is 0.290 e. The third-order valence-corrected chi connectivity index (χ3v) is 5.80. The summed E-state index contributed by atoms with van der Waals surface area (Å²) in [6.45, 7) is 3.79. The Bertz CT molecular complexity index is 996. The standard InChI is InChI=1S/C23H23N2O/c26-21(16-25-14-6-13-24-12-5-11-22(24)25)23-19-9-3-1-7-17(19)15-18-8-2-4-10-20(18)23/h1-4,7-10,15H,5-6,11-14,16H2/q+1. The van der Waals surface area contributed by atoms with E-state index >= 15 is 0 Å². The van der Waals surface area contributed by atoms with E-state index < -0.39 is 0 Å². The molecular weight excluding hydrogens is 320 g/mol. The summed E-state index contributed by atoms with van der Waals surface area (Å²) in [6, 6.07) is 18.7. The third kappa shape index (κ3) is 2.50. The molecule has 2 aliphatic heterocycles. The van der Waals surface area contributed by atoms with Crippen molar-refractivity contribution in [2.24, 2.45) is 0 Å². The van der Waals surface area contributed by atoms with Crippen molar-refractivity contribution >= 4 is 33.2 Å². The lowest BCUT2D eigenvalue weighted by Gasteiger charge is -2.23. The summed E-state index contributed by atoms with van der Waals surface area (Å²) in [5, 5.41) is 4.43. The third-order valence-electron chi connectivity index (χ3n) is 5.80. The first-order valence-electron chi connectivity index (χ1n) is 9.61. The maximum absolute atomic E-state index is 13.5. The van der Waals surface area contributed by atoms with Crippen LogP contribution in [0.3, 0.4) is 0 Å². The number of carbonyl (C=O) groups is 1. The van der Waals surface area contributed by atoms with Crippen LogP contribution in [-0.2, 0) is 0 Å². The Hall–Kier alpha value is -2.68. The van der Waals surface area contributed by atoms with Crippen LogP contribution in [0.5, 0.6) is 0 Å². The summed E-state index contributed by atoms with van der Waals surface area (Å²) in [5.41, 5.74) is 0.884. The molecule has 2 aliphatic rings. The molecule has 0 atom stereocenters. The van der Waals surface area contributed by atoms with Gasteiger partial charge in [-0.1, -0.05) is 48.5 Å². The summed E-state index contributed by atoms with van der Waals surface area (Å²) in [5.74, 6) is 1.62. The smallest absolute Gasteiger partial charge is 0.247 e. The Morgan fingerprint density at radius 2 is 1.58 bits per heavy atom. The molecule has 0 radical (unpaired) electrons. The lowest BCUT2D eigenvalue weighted by molar-refractivity contribution is -0.529. The number of nitrogens with zero attached hydrogens (tertiary/aromatic N) is 2. The second-order valence-corrected chi connectivity index (χ2v) is 7.40. The zero-order valence-electron chi connectivity index (χ0n) is 14.9. The molecule has 0 saturated heterocycles. The number of ketones is 1. The molecule has 26 heavy (non-hydrogen) atoms. The van der Waals surface area contributed by atoms with Crippen LogP contribution in [0, 0.1) is 0 Å². The Morgan fingerprint density at radius 3 is 2.31 bits per heavy atom. The Kier molecular flexibility index (Phi) is 3.74. The molecule has 0 N–H and O–H groups in total. The second-order valence-electron chi connectivity index (χ2n) is 7.40. The van der Waals surface area contributed by atoms with Crippen LogP contribution in [0.25, 0.3) is 21.5 Å². The van der Waals surface area contributed by atoms with E-state index in [-0.39, 0.29) is 5.78 Å². The van der Waals surface area contributed by atoms with Gasteiger partial charge in [0, 0.05) is 12.0 Å². The van der Waals surface area contributed by atoms with Gasteiger partial charge >= 0.3 is 0 Å². The van der Waals surface area contributed by atoms with E-state index in [0.29, 0.717) is 6.54 Å². The highest BCUT2D eigenvalue weighted by Crippen LogP contribution is 2.29. The molecule has 3 aromatic rings. The van der Waals surface area contributed by atoms with Crippen LogP contribution in [-0.4, -0.2) is 47.3 Å². The van der Waals surface area contributed by atoms with E-state index in [1.165, 1.54) is 12.3 Å². The minimum atomic E-state index is 0.235. The zero-order chi connectivity index (χ0) is 17.5. The number of amidine groups is 1. The van der Waals surface area contributed by atoms with Crippen LogP contribution in [0.1, 0.15) is 29.6 Å². The molecule has 2 heterocycles. The highest BCUT2D eigenvalue weighted by atomic mass is 16.1. The van der Waals surface area contributed by atoms with Crippen LogP contribution in [0.4, 0.5) is 0 Å². The lowest BCUT2D eigenvalue weighted by Crippen LogP contribution is -2.43. The molecule has 3 heteroatoms. The second kappa shape index (κ2) is 6.24. The van der Waals surface area contributed by atoms with E-state index in [2.05, 4.69) is 39.8 Å². The first-order chi connectivity index (χ1) is 12.8. The number of Topliss-reactive ketones (excluding diaryl/α,β-unsaturated/α-hetero) is 1. The van der Waals surface area contributed by atoms with Crippen molar-refractivity contribution in [3.63, 3.8) is 0 Å². The van der Waals surface area contributed by atoms with E-state index in [1.54, 1.807) is 0 Å². The number of benzene rings is 3. The van der Waals surface area contributed by atoms with Crippen LogP contribution in [0.15, 0.2) is 54.6 Å². The quantitative estimate of drug-likeness (QED) is 0.406. The van der Waals surface area contributed by atoms with Crippen LogP contribution < -0.4 is 0 Å². The van der Waals surface area contributed by atoms with Gasteiger partial charge in [-0.3, -0.25) is 14.3 Å². The molecule has 0 aliphatic carbocycles. The molecular formula is C23H23N2O+. The molecule has 5 rings (SSSR count). The van der Waals surface area contributed by atoms with Gasteiger partial charge < -0.3 is 0 Å². The fourth-order valence-electron chi connectivity index (χ4n) is 4.63. The van der Waals surface area contributed by atoms with Crippen molar-refractivity contribution in [1.82, 2.24) is 4.90 Å². The van der Waals surface area contributed by atoms with Crippen molar-refractivity contribution in [3.05, 3.63) is 60.2 Å². The van der Waals surface area contributed by atoms with Gasteiger partial charge in [0.15, 0.2) is 0 Å². The van der Waals surface area contributed by atoms with Gasteiger partial charge in [-0.15, -0.1) is 0 Å². The molecule has 3 aromatic carbocycles. The first kappa shape index (κ1) is 15.6. The number of rotatable bonds is 3. The van der Waals surface area contributed by atoms with Crippen LogP contribution >= 0.6 is 0 Å². The van der Waals surface area contributed by atoms with Crippen molar-refractivity contribution < 1.29 is 9.37 Å². The monoisotopic (exact) mass is 343 g/mol. The first-order valence-corrected chi connectivity index (χ1v) is 9.61. The minimum absolute atomic E-state index is 0.235. The predicted molar refractivity (Wildman–Crippen MR) is 106 cm³/mol. The van der Waals surface area contributed by atoms with E-state index in [9.17, 15) is 4.79 Å². The highest BCUT2D eigenvalue weighted by Gasteiger charge is 2.33. The maximum atomic E-state index is 13.5. The highest BCUT2D eigenvalue weighted by molar-refractivity contribution is 6.19. The topological polar surface area (TPSA) is 23.3 Å². The molecule has 0 fully saturated rings. The Balaban J connectivity index is 1.61. The van der Waals surface area contributed by atoms with Gasteiger partial charge in [0.05, 0.1) is 26.1 Å². The molecule has 0 amide bonds. The van der Waals surface area contributed by atoms with Gasteiger partial charge in [-0.05, 0) is 34.0 Å². The minimum Gasteiger partial charge on any atom is -0.290 e. The molecule has 3 nitrogen and oxygen atoms in total.